The third-order valence-corrected chi connectivity index (χ3v) is 4.99. The Hall–Kier alpha value is -3.23. The number of thiophene rings is 1. The van der Waals surface area contributed by atoms with Crippen LogP contribution in [0.1, 0.15) is 10.4 Å². The van der Waals surface area contributed by atoms with E-state index < -0.39 is 0 Å². The number of hydrogen-bond acceptors (Lipinski definition) is 5. The van der Waals surface area contributed by atoms with Gasteiger partial charge in [-0.25, -0.2) is 9.97 Å². The van der Waals surface area contributed by atoms with Crippen LogP contribution in [0.15, 0.2) is 60.9 Å². The molecule has 25 heavy (non-hydrogen) atoms. The lowest BCUT2D eigenvalue weighted by molar-refractivity contribution is 1.23. The first-order valence-corrected chi connectivity index (χ1v) is 8.64. The molecule has 0 spiro atoms. The lowest BCUT2D eigenvalue weighted by Crippen LogP contribution is -1.96. The molecule has 2 aromatic carbocycles. The SMILES string of the molecule is Cc1sc2ncnc(Nc3cccc(C#N)c3)c2c1-c1ccccc1. The van der Waals surface area contributed by atoms with Crippen molar-refractivity contribution in [2.45, 2.75) is 6.92 Å². The van der Waals surface area contributed by atoms with E-state index in [4.69, 9.17) is 5.26 Å². The predicted octanol–water partition coefficient (Wildman–Crippen LogP) is 5.28. The Labute approximate surface area is 149 Å². The van der Waals surface area contributed by atoms with E-state index in [2.05, 4.69) is 40.4 Å². The molecular formula is C20H14N4S. The number of hydrogen-bond donors (Lipinski definition) is 1. The Morgan fingerprint density at radius 3 is 2.68 bits per heavy atom. The Bertz CT molecular complexity index is 1090. The fourth-order valence-corrected chi connectivity index (χ4v) is 3.91. The van der Waals surface area contributed by atoms with Gasteiger partial charge in [-0.1, -0.05) is 36.4 Å². The van der Waals surface area contributed by atoms with Crippen molar-refractivity contribution >= 4 is 33.1 Å². The van der Waals surface area contributed by atoms with E-state index in [1.165, 1.54) is 4.88 Å². The fourth-order valence-electron chi connectivity index (χ4n) is 2.89. The molecule has 0 unspecified atom stereocenters. The molecule has 2 aromatic heterocycles. The average Bonchev–Trinajstić information content (AvgIpc) is 2.99. The normalized spacial score (nSPS) is 10.6. The van der Waals surface area contributed by atoms with Crippen LogP contribution in [0.5, 0.6) is 0 Å². The van der Waals surface area contributed by atoms with E-state index in [1.807, 2.05) is 36.4 Å². The van der Waals surface area contributed by atoms with Gasteiger partial charge in [-0.2, -0.15) is 5.26 Å². The Morgan fingerprint density at radius 1 is 1.04 bits per heavy atom. The number of benzene rings is 2. The molecule has 2 heterocycles. The van der Waals surface area contributed by atoms with Gasteiger partial charge in [0.2, 0.25) is 0 Å². The second-order valence-electron chi connectivity index (χ2n) is 5.62. The van der Waals surface area contributed by atoms with Gasteiger partial charge in [0.05, 0.1) is 17.0 Å². The van der Waals surface area contributed by atoms with Crippen LogP contribution in [-0.4, -0.2) is 9.97 Å². The third-order valence-electron chi connectivity index (χ3n) is 3.98. The zero-order chi connectivity index (χ0) is 17.2. The van der Waals surface area contributed by atoms with Gasteiger partial charge in [0.1, 0.15) is 17.0 Å². The second-order valence-corrected chi connectivity index (χ2v) is 6.82. The smallest absolute Gasteiger partial charge is 0.143 e. The average molecular weight is 342 g/mol. The Balaban J connectivity index is 1.89. The van der Waals surface area contributed by atoms with Gasteiger partial charge in [0.15, 0.2) is 0 Å². The molecule has 4 nitrogen and oxygen atoms in total. The van der Waals surface area contributed by atoms with Gasteiger partial charge in [-0.15, -0.1) is 11.3 Å². The summed E-state index contributed by atoms with van der Waals surface area (Å²) in [6.45, 7) is 2.11. The summed E-state index contributed by atoms with van der Waals surface area (Å²) in [5.74, 6) is 0.753. The Morgan fingerprint density at radius 2 is 1.88 bits per heavy atom. The lowest BCUT2D eigenvalue weighted by Gasteiger charge is -2.09. The van der Waals surface area contributed by atoms with E-state index in [0.717, 1.165) is 32.8 Å². The summed E-state index contributed by atoms with van der Waals surface area (Å²) < 4.78 is 0. The van der Waals surface area contributed by atoms with E-state index in [1.54, 1.807) is 23.7 Å². The van der Waals surface area contributed by atoms with Gasteiger partial charge in [0, 0.05) is 16.1 Å². The summed E-state index contributed by atoms with van der Waals surface area (Å²) in [5.41, 5.74) is 3.75. The highest BCUT2D eigenvalue weighted by Gasteiger charge is 2.16. The standard InChI is InChI=1S/C20H14N4S/c1-13-17(15-7-3-2-4-8-15)18-19(22-12-23-20(18)25-13)24-16-9-5-6-14(10-16)11-21/h2-10,12H,1H3,(H,22,23,24). The van der Waals surface area contributed by atoms with Crippen molar-refractivity contribution in [3.05, 3.63) is 71.4 Å². The monoisotopic (exact) mass is 342 g/mol. The highest BCUT2D eigenvalue weighted by Crippen LogP contribution is 2.40. The molecule has 0 atom stereocenters. The van der Waals surface area contributed by atoms with Crippen LogP contribution in [0, 0.1) is 18.3 Å². The zero-order valence-corrected chi connectivity index (χ0v) is 14.3. The van der Waals surface area contributed by atoms with Gasteiger partial charge < -0.3 is 5.32 Å². The largest absolute Gasteiger partial charge is 0.340 e. The van der Waals surface area contributed by atoms with Crippen molar-refractivity contribution in [2.75, 3.05) is 5.32 Å². The molecule has 0 saturated heterocycles. The first kappa shape index (κ1) is 15.3. The van der Waals surface area contributed by atoms with Crippen molar-refractivity contribution in [2.24, 2.45) is 0 Å². The summed E-state index contributed by atoms with van der Waals surface area (Å²) in [4.78, 5) is 11.1. The molecule has 0 bridgehead atoms. The first-order chi connectivity index (χ1) is 12.3. The molecule has 0 aliphatic heterocycles. The molecule has 0 aliphatic carbocycles. The number of aryl methyl sites for hydroxylation is 1. The minimum Gasteiger partial charge on any atom is -0.340 e. The van der Waals surface area contributed by atoms with Crippen LogP contribution < -0.4 is 5.32 Å². The maximum Gasteiger partial charge on any atom is 0.143 e. The molecule has 120 valence electrons. The van der Waals surface area contributed by atoms with Crippen molar-refractivity contribution in [1.29, 1.82) is 5.26 Å². The first-order valence-electron chi connectivity index (χ1n) is 7.83. The van der Waals surface area contributed by atoms with Crippen LogP contribution in [-0.2, 0) is 0 Å². The Kier molecular flexibility index (Phi) is 3.88. The minimum absolute atomic E-state index is 0.611. The highest BCUT2D eigenvalue weighted by molar-refractivity contribution is 7.19. The maximum atomic E-state index is 9.09. The molecule has 4 aromatic rings. The van der Waals surface area contributed by atoms with Crippen molar-refractivity contribution in [1.82, 2.24) is 9.97 Å². The van der Waals surface area contributed by atoms with Crippen LogP contribution in [0.4, 0.5) is 11.5 Å². The van der Waals surface area contributed by atoms with Crippen molar-refractivity contribution in [3.63, 3.8) is 0 Å². The molecule has 1 N–H and O–H groups in total. The molecule has 5 heteroatoms. The summed E-state index contributed by atoms with van der Waals surface area (Å²) in [7, 11) is 0. The quantitative estimate of drug-likeness (QED) is 0.550. The summed E-state index contributed by atoms with van der Waals surface area (Å²) >= 11 is 1.66. The van der Waals surface area contributed by atoms with Crippen molar-refractivity contribution in [3.8, 4) is 17.2 Å². The van der Waals surface area contributed by atoms with Gasteiger partial charge in [-0.05, 0) is 30.7 Å². The highest BCUT2D eigenvalue weighted by atomic mass is 32.1. The number of nitriles is 1. The summed E-state index contributed by atoms with van der Waals surface area (Å²) in [6, 6.07) is 19.8. The topological polar surface area (TPSA) is 61.6 Å². The lowest BCUT2D eigenvalue weighted by atomic mass is 10.0. The van der Waals surface area contributed by atoms with E-state index in [9.17, 15) is 0 Å². The van der Waals surface area contributed by atoms with Gasteiger partial charge >= 0.3 is 0 Å². The molecule has 4 rings (SSSR count). The molecule has 0 fully saturated rings. The van der Waals surface area contributed by atoms with Crippen molar-refractivity contribution < 1.29 is 0 Å². The van der Waals surface area contributed by atoms with Crippen LogP contribution >= 0.6 is 11.3 Å². The summed E-state index contributed by atoms with van der Waals surface area (Å²) in [5, 5.41) is 13.5. The number of anilines is 2. The van der Waals surface area contributed by atoms with Crippen LogP contribution in [0.3, 0.4) is 0 Å². The number of nitrogens with one attached hydrogen (secondary N) is 1. The van der Waals surface area contributed by atoms with E-state index >= 15 is 0 Å². The van der Waals surface area contributed by atoms with Crippen LogP contribution in [0.2, 0.25) is 0 Å². The fraction of sp³-hybridized carbons (Fsp3) is 0.0500. The predicted molar refractivity (Wildman–Crippen MR) is 102 cm³/mol. The zero-order valence-electron chi connectivity index (χ0n) is 13.5. The van der Waals surface area contributed by atoms with Crippen LogP contribution in [0.25, 0.3) is 21.3 Å². The maximum absolute atomic E-state index is 9.09. The third kappa shape index (κ3) is 2.84. The number of aromatic nitrogens is 2. The summed E-state index contributed by atoms with van der Waals surface area (Å²) in [6.07, 6.45) is 1.57. The van der Waals surface area contributed by atoms with E-state index in [-0.39, 0.29) is 0 Å². The molecule has 0 aliphatic rings. The molecule has 0 radical (unpaired) electrons. The van der Waals surface area contributed by atoms with Gasteiger partial charge in [0.25, 0.3) is 0 Å². The number of rotatable bonds is 3. The molecule has 0 saturated carbocycles. The van der Waals surface area contributed by atoms with E-state index in [0.29, 0.717) is 5.56 Å². The number of fused-ring (bicyclic) bond motifs is 1. The minimum atomic E-state index is 0.611. The number of nitrogens with zero attached hydrogens (tertiary/aromatic N) is 3. The second kappa shape index (κ2) is 6.34. The molecule has 0 amide bonds. The molecular weight excluding hydrogens is 328 g/mol. The van der Waals surface area contributed by atoms with Gasteiger partial charge in [-0.3, -0.25) is 0 Å².